The number of carbonyl (C=O) groups excluding carboxylic acids is 2. The molecule has 1 aliphatic heterocycles. The van der Waals surface area contributed by atoms with Crippen LogP contribution < -0.4 is 21.1 Å². The van der Waals surface area contributed by atoms with Gasteiger partial charge in [0, 0.05) is 24.8 Å². The Kier molecular flexibility index (Phi) is 6.56. The van der Waals surface area contributed by atoms with Crippen LogP contribution in [0.15, 0.2) is 53.6 Å². The van der Waals surface area contributed by atoms with Crippen LogP contribution >= 0.6 is 11.6 Å². The normalized spacial score (nSPS) is 18.8. The highest BCUT2D eigenvalue weighted by Gasteiger charge is 2.26. The molecule has 39 heavy (non-hydrogen) atoms. The topological polar surface area (TPSA) is 120 Å². The summed E-state index contributed by atoms with van der Waals surface area (Å²) in [6, 6.07) is 11.1. The molecule has 0 atom stereocenters. The molecular weight excluding hydrogens is 520 g/mol. The maximum absolute atomic E-state index is 13.7. The molecule has 1 saturated carbocycles. The lowest BCUT2D eigenvalue weighted by Crippen LogP contribution is -2.39. The fourth-order valence-electron chi connectivity index (χ4n) is 5.45. The van der Waals surface area contributed by atoms with E-state index in [1.165, 1.54) is 6.20 Å². The summed E-state index contributed by atoms with van der Waals surface area (Å²) in [5.41, 5.74) is 3.17. The molecule has 0 radical (unpaired) electrons. The van der Waals surface area contributed by atoms with E-state index in [9.17, 15) is 14.4 Å². The summed E-state index contributed by atoms with van der Waals surface area (Å²) in [4.78, 5) is 46.6. The minimum absolute atomic E-state index is 0.0623. The minimum atomic E-state index is -0.262. The van der Waals surface area contributed by atoms with Gasteiger partial charge in [0.15, 0.2) is 18.2 Å². The standard InChI is InChI=1S/C28H27ClN6O4/c1-16-21(10-18(29)12-30-16)27(37)32-19-8-6-17(7-9-19)14-34-22-4-2-3-5-23(22)35(28(34)38)20-11-24-26(31-13-20)33-25(36)15-39-24/h2-5,10-13,17,19H,6-9,14-15H2,1H3,(H,32,37)(H,31,33,36). The second kappa shape index (κ2) is 10.2. The average Bonchev–Trinajstić information content (AvgIpc) is 3.21. The Hall–Kier alpha value is -4.18. The van der Waals surface area contributed by atoms with Crippen molar-refractivity contribution in [1.82, 2.24) is 24.4 Å². The number of nitrogens with zero attached hydrogens (tertiary/aromatic N) is 4. The summed E-state index contributed by atoms with van der Waals surface area (Å²) in [5, 5.41) is 6.24. The number of carbonyl (C=O) groups is 2. The maximum Gasteiger partial charge on any atom is 0.333 e. The van der Waals surface area contributed by atoms with Crippen molar-refractivity contribution < 1.29 is 14.3 Å². The lowest BCUT2D eigenvalue weighted by atomic mass is 9.85. The minimum Gasteiger partial charge on any atom is -0.480 e. The van der Waals surface area contributed by atoms with E-state index in [4.69, 9.17) is 16.3 Å². The van der Waals surface area contributed by atoms with Gasteiger partial charge in [0.05, 0.1) is 39.2 Å². The molecule has 2 aliphatic rings. The number of halogens is 1. The van der Waals surface area contributed by atoms with Gasteiger partial charge >= 0.3 is 5.69 Å². The van der Waals surface area contributed by atoms with Crippen molar-refractivity contribution >= 4 is 40.3 Å². The van der Waals surface area contributed by atoms with E-state index in [1.54, 1.807) is 29.8 Å². The van der Waals surface area contributed by atoms with E-state index in [-0.39, 0.29) is 30.2 Å². The molecule has 2 amide bonds. The van der Waals surface area contributed by atoms with Gasteiger partial charge in [0.2, 0.25) is 0 Å². The SMILES string of the molecule is Cc1ncc(Cl)cc1C(=O)NC1CCC(Cn2c(=O)n(-c3cnc4c(c3)OCC(=O)N4)c3ccccc32)CC1. The van der Waals surface area contributed by atoms with Crippen LogP contribution in [0.25, 0.3) is 16.7 Å². The Bertz CT molecular complexity index is 1650. The third kappa shape index (κ3) is 4.87. The Balaban J connectivity index is 1.19. The first-order valence-corrected chi connectivity index (χ1v) is 13.3. The van der Waals surface area contributed by atoms with E-state index in [2.05, 4.69) is 20.6 Å². The third-order valence-corrected chi connectivity index (χ3v) is 7.68. The van der Waals surface area contributed by atoms with Gasteiger partial charge in [-0.3, -0.25) is 23.7 Å². The number of para-hydroxylation sites is 2. The largest absolute Gasteiger partial charge is 0.480 e. The average molecular weight is 547 g/mol. The van der Waals surface area contributed by atoms with Gasteiger partial charge in [0.1, 0.15) is 0 Å². The number of aryl methyl sites for hydroxylation is 1. The molecule has 1 aliphatic carbocycles. The Morgan fingerprint density at radius 3 is 2.67 bits per heavy atom. The highest BCUT2D eigenvalue weighted by atomic mass is 35.5. The van der Waals surface area contributed by atoms with E-state index >= 15 is 0 Å². The molecule has 1 aromatic carbocycles. The van der Waals surface area contributed by atoms with E-state index in [0.717, 1.165) is 36.7 Å². The van der Waals surface area contributed by atoms with Crippen LogP contribution in [0.1, 0.15) is 41.7 Å². The number of anilines is 1. The van der Waals surface area contributed by atoms with Crippen molar-refractivity contribution in [2.75, 3.05) is 11.9 Å². The molecule has 4 aromatic rings. The first kappa shape index (κ1) is 25.1. The summed E-state index contributed by atoms with van der Waals surface area (Å²) < 4.78 is 8.98. The molecule has 0 spiro atoms. The van der Waals surface area contributed by atoms with Crippen LogP contribution in [0.5, 0.6) is 5.75 Å². The molecule has 3 aromatic heterocycles. The van der Waals surface area contributed by atoms with Crippen LogP contribution in [0, 0.1) is 12.8 Å². The molecule has 0 saturated heterocycles. The van der Waals surface area contributed by atoms with Crippen molar-refractivity contribution in [1.29, 1.82) is 0 Å². The quantitative estimate of drug-likeness (QED) is 0.392. The number of benzene rings is 1. The van der Waals surface area contributed by atoms with Gasteiger partial charge in [-0.2, -0.15) is 0 Å². The predicted octanol–water partition coefficient (Wildman–Crippen LogP) is 3.86. The number of fused-ring (bicyclic) bond motifs is 2. The molecule has 10 nitrogen and oxygen atoms in total. The molecule has 11 heteroatoms. The number of rotatable bonds is 5. The van der Waals surface area contributed by atoms with Crippen molar-refractivity contribution in [2.24, 2.45) is 5.92 Å². The van der Waals surface area contributed by atoms with Crippen LogP contribution in [-0.4, -0.2) is 43.6 Å². The second-order valence-corrected chi connectivity index (χ2v) is 10.5. The summed E-state index contributed by atoms with van der Waals surface area (Å²) in [6.07, 6.45) is 6.53. The molecule has 1 fully saturated rings. The van der Waals surface area contributed by atoms with Crippen LogP contribution in [0.2, 0.25) is 5.02 Å². The zero-order valence-electron chi connectivity index (χ0n) is 21.3. The van der Waals surface area contributed by atoms with E-state index in [0.29, 0.717) is 46.0 Å². The fraction of sp³-hybridized carbons (Fsp3) is 0.321. The number of pyridine rings is 2. The third-order valence-electron chi connectivity index (χ3n) is 7.47. The first-order valence-electron chi connectivity index (χ1n) is 12.9. The Morgan fingerprint density at radius 1 is 1.10 bits per heavy atom. The van der Waals surface area contributed by atoms with Crippen molar-refractivity contribution in [3.05, 3.63) is 75.6 Å². The second-order valence-electron chi connectivity index (χ2n) is 10.1. The monoisotopic (exact) mass is 546 g/mol. The molecule has 2 N–H and O–H groups in total. The van der Waals surface area contributed by atoms with Crippen molar-refractivity contribution in [3.63, 3.8) is 0 Å². The van der Waals surface area contributed by atoms with E-state index in [1.807, 2.05) is 28.8 Å². The number of hydrogen-bond donors (Lipinski definition) is 2. The fourth-order valence-corrected chi connectivity index (χ4v) is 5.61. The number of ether oxygens (including phenoxy) is 1. The van der Waals surface area contributed by atoms with Crippen LogP contribution in [-0.2, 0) is 11.3 Å². The smallest absolute Gasteiger partial charge is 0.333 e. The van der Waals surface area contributed by atoms with Gasteiger partial charge in [-0.15, -0.1) is 0 Å². The lowest BCUT2D eigenvalue weighted by Gasteiger charge is -2.29. The Labute approximate surface area is 229 Å². The van der Waals surface area contributed by atoms with Crippen LogP contribution in [0.3, 0.4) is 0 Å². The van der Waals surface area contributed by atoms with Gasteiger partial charge in [-0.05, 0) is 56.7 Å². The molecule has 0 bridgehead atoms. The number of nitrogens with one attached hydrogen (secondary N) is 2. The van der Waals surface area contributed by atoms with Crippen LogP contribution in [0.4, 0.5) is 5.82 Å². The molecule has 6 rings (SSSR count). The summed E-state index contributed by atoms with van der Waals surface area (Å²) in [6.45, 7) is 2.28. The summed E-state index contributed by atoms with van der Waals surface area (Å²) in [5.74, 6) is 0.650. The first-order chi connectivity index (χ1) is 18.9. The lowest BCUT2D eigenvalue weighted by molar-refractivity contribution is -0.118. The molecule has 0 unspecified atom stereocenters. The predicted molar refractivity (Wildman–Crippen MR) is 147 cm³/mol. The summed E-state index contributed by atoms with van der Waals surface area (Å²) in [7, 11) is 0. The molecule has 200 valence electrons. The number of imidazole rings is 1. The zero-order valence-corrected chi connectivity index (χ0v) is 22.1. The van der Waals surface area contributed by atoms with Crippen molar-refractivity contribution in [3.8, 4) is 11.4 Å². The van der Waals surface area contributed by atoms with Gasteiger partial charge in [-0.1, -0.05) is 23.7 Å². The molecular formula is C28H27ClN6O4. The highest BCUT2D eigenvalue weighted by molar-refractivity contribution is 6.30. The van der Waals surface area contributed by atoms with Gasteiger partial charge < -0.3 is 15.4 Å². The number of aromatic nitrogens is 4. The Morgan fingerprint density at radius 2 is 1.87 bits per heavy atom. The van der Waals surface area contributed by atoms with E-state index < -0.39 is 0 Å². The van der Waals surface area contributed by atoms with Gasteiger partial charge in [0.25, 0.3) is 11.8 Å². The molecule has 4 heterocycles. The maximum atomic E-state index is 13.7. The number of amides is 2. The zero-order chi connectivity index (χ0) is 27.1. The number of hydrogen-bond acceptors (Lipinski definition) is 6. The highest BCUT2D eigenvalue weighted by Crippen LogP contribution is 2.30. The van der Waals surface area contributed by atoms with Gasteiger partial charge in [-0.25, -0.2) is 9.78 Å². The summed E-state index contributed by atoms with van der Waals surface area (Å²) >= 11 is 6.03. The van der Waals surface area contributed by atoms with Crippen molar-refractivity contribution in [2.45, 2.75) is 45.2 Å².